The van der Waals surface area contributed by atoms with E-state index in [1.165, 1.54) is 0 Å². The van der Waals surface area contributed by atoms with Crippen LogP contribution in [0.2, 0.25) is 0 Å². The lowest BCUT2D eigenvalue weighted by Crippen LogP contribution is -2.17. The molecule has 2 aromatic carbocycles. The van der Waals surface area contributed by atoms with E-state index in [0.29, 0.717) is 5.56 Å². The largest absolute Gasteiger partial charge is 0.382 e. The third-order valence-corrected chi connectivity index (χ3v) is 3.90. The second-order valence-corrected chi connectivity index (χ2v) is 6.12. The maximum Gasteiger partial charge on any atom is 0.257 e. The van der Waals surface area contributed by atoms with E-state index < -0.39 is 0 Å². The molecule has 0 aliphatic rings. The highest BCUT2D eigenvalue weighted by molar-refractivity contribution is 9.10. The smallest absolute Gasteiger partial charge is 0.257 e. The number of hydrogen-bond donors (Lipinski definition) is 2. The predicted octanol–water partition coefficient (Wildman–Crippen LogP) is 4.83. The van der Waals surface area contributed by atoms with Crippen LogP contribution in [0.25, 0.3) is 0 Å². The lowest BCUT2D eigenvalue weighted by atomic mass is 10.1. The summed E-state index contributed by atoms with van der Waals surface area (Å²) in [6, 6.07) is 13.6. The monoisotopic (exact) mass is 346 g/mol. The number of amides is 1. The molecule has 0 heterocycles. The van der Waals surface area contributed by atoms with E-state index in [0.717, 1.165) is 21.4 Å². The number of carbonyl (C=O) groups is 1. The second-order valence-electron chi connectivity index (χ2n) is 5.26. The lowest BCUT2D eigenvalue weighted by Gasteiger charge is -2.14. The Morgan fingerprint density at radius 1 is 1.14 bits per heavy atom. The van der Waals surface area contributed by atoms with Gasteiger partial charge in [0.15, 0.2) is 0 Å². The summed E-state index contributed by atoms with van der Waals surface area (Å²) in [5, 5.41) is 6.22. The number of nitrogens with one attached hydrogen (secondary N) is 2. The molecule has 4 heteroatoms. The molecule has 0 atom stereocenters. The number of para-hydroxylation sites is 1. The fraction of sp³-hybridized carbons (Fsp3) is 0.235. The summed E-state index contributed by atoms with van der Waals surface area (Å²) < 4.78 is 0.980. The molecule has 0 radical (unpaired) electrons. The van der Waals surface area contributed by atoms with E-state index in [4.69, 9.17) is 0 Å². The normalized spacial score (nSPS) is 10.5. The van der Waals surface area contributed by atoms with Gasteiger partial charge in [0, 0.05) is 21.9 Å². The molecule has 0 spiro atoms. The molecule has 110 valence electrons. The Balaban J connectivity index is 2.22. The highest BCUT2D eigenvalue weighted by Crippen LogP contribution is 2.22. The first kappa shape index (κ1) is 15.6. The fourth-order valence-corrected chi connectivity index (χ4v) is 2.37. The van der Waals surface area contributed by atoms with Gasteiger partial charge in [-0.05, 0) is 50.6 Å². The molecule has 2 rings (SSSR count). The Morgan fingerprint density at radius 2 is 1.86 bits per heavy atom. The molecule has 0 fully saturated rings. The van der Waals surface area contributed by atoms with Crippen LogP contribution in [0.5, 0.6) is 0 Å². The van der Waals surface area contributed by atoms with Crippen LogP contribution in [-0.2, 0) is 0 Å². The van der Waals surface area contributed by atoms with Crippen LogP contribution in [-0.4, -0.2) is 11.9 Å². The minimum atomic E-state index is -0.116. The van der Waals surface area contributed by atoms with Crippen LogP contribution >= 0.6 is 15.9 Å². The molecule has 0 aliphatic heterocycles. The maximum absolute atomic E-state index is 12.4. The van der Waals surface area contributed by atoms with Crippen molar-refractivity contribution in [2.75, 3.05) is 10.6 Å². The average Bonchev–Trinajstić information content (AvgIpc) is 2.43. The summed E-state index contributed by atoms with van der Waals surface area (Å²) in [5.74, 6) is -0.116. The summed E-state index contributed by atoms with van der Waals surface area (Å²) in [6.45, 7) is 6.11. The highest BCUT2D eigenvalue weighted by Gasteiger charge is 2.12. The Morgan fingerprint density at radius 3 is 2.52 bits per heavy atom. The zero-order chi connectivity index (χ0) is 15.4. The molecule has 21 heavy (non-hydrogen) atoms. The zero-order valence-corrected chi connectivity index (χ0v) is 14.0. The zero-order valence-electron chi connectivity index (χ0n) is 12.4. The van der Waals surface area contributed by atoms with Gasteiger partial charge in [0.05, 0.1) is 5.56 Å². The second kappa shape index (κ2) is 6.76. The molecule has 3 nitrogen and oxygen atoms in total. The third-order valence-electron chi connectivity index (χ3n) is 3.05. The topological polar surface area (TPSA) is 41.1 Å². The molecular formula is C17H19BrN2O. The Hall–Kier alpha value is -1.81. The van der Waals surface area contributed by atoms with Gasteiger partial charge in [0.1, 0.15) is 0 Å². The fourth-order valence-electron chi connectivity index (χ4n) is 1.99. The molecule has 0 aliphatic carbocycles. The summed E-state index contributed by atoms with van der Waals surface area (Å²) in [7, 11) is 0. The van der Waals surface area contributed by atoms with E-state index >= 15 is 0 Å². The van der Waals surface area contributed by atoms with Gasteiger partial charge in [-0.25, -0.2) is 0 Å². The third kappa shape index (κ3) is 4.08. The number of aryl methyl sites for hydroxylation is 1. The van der Waals surface area contributed by atoms with E-state index in [-0.39, 0.29) is 11.9 Å². The minimum Gasteiger partial charge on any atom is -0.382 e. The van der Waals surface area contributed by atoms with Crippen LogP contribution in [0.1, 0.15) is 29.8 Å². The molecule has 0 saturated carbocycles. The van der Waals surface area contributed by atoms with Crippen LogP contribution < -0.4 is 10.6 Å². The van der Waals surface area contributed by atoms with Gasteiger partial charge in [0.25, 0.3) is 5.91 Å². The van der Waals surface area contributed by atoms with Crippen molar-refractivity contribution < 1.29 is 4.79 Å². The highest BCUT2D eigenvalue weighted by atomic mass is 79.9. The summed E-state index contributed by atoms with van der Waals surface area (Å²) in [6.07, 6.45) is 0. The Labute approximate surface area is 133 Å². The molecule has 1 amide bonds. The molecular weight excluding hydrogens is 328 g/mol. The average molecular weight is 347 g/mol. The van der Waals surface area contributed by atoms with Gasteiger partial charge >= 0.3 is 0 Å². The van der Waals surface area contributed by atoms with Crippen LogP contribution in [0, 0.1) is 6.92 Å². The van der Waals surface area contributed by atoms with Crippen molar-refractivity contribution in [2.45, 2.75) is 26.8 Å². The summed E-state index contributed by atoms with van der Waals surface area (Å²) >= 11 is 3.48. The quantitative estimate of drug-likeness (QED) is 0.832. The summed E-state index contributed by atoms with van der Waals surface area (Å²) in [4.78, 5) is 12.4. The Kier molecular flexibility index (Phi) is 5.02. The first-order valence-corrected chi connectivity index (χ1v) is 7.69. The van der Waals surface area contributed by atoms with Crippen molar-refractivity contribution in [2.24, 2.45) is 0 Å². The van der Waals surface area contributed by atoms with Crippen LogP contribution in [0.4, 0.5) is 11.4 Å². The number of hydrogen-bond acceptors (Lipinski definition) is 2. The van der Waals surface area contributed by atoms with Crippen molar-refractivity contribution in [3.8, 4) is 0 Å². The van der Waals surface area contributed by atoms with Crippen LogP contribution in [0.3, 0.4) is 0 Å². The SMILES string of the molecule is Cc1ccc(NC(=O)c2ccccc2NC(C)C)cc1Br. The number of rotatable bonds is 4. The molecule has 2 N–H and O–H groups in total. The number of carbonyl (C=O) groups excluding carboxylic acids is 1. The molecule has 0 saturated heterocycles. The van der Waals surface area contributed by atoms with E-state index in [1.807, 2.05) is 63.2 Å². The maximum atomic E-state index is 12.4. The molecule has 0 aromatic heterocycles. The molecule has 2 aromatic rings. The number of anilines is 2. The summed E-state index contributed by atoms with van der Waals surface area (Å²) in [5.41, 5.74) is 3.39. The van der Waals surface area contributed by atoms with Gasteiger partial charge in [-0.3, -0.25) is 4.79 Å². The lowest BCUT2D eigenvalue weighted by molar-refractivity contribution is 0.102. The molecule has 0 unspecified atom stereocenters. The Bertz CT molecular complexity index is 653. The van der Waals surface area contributed by atoms with Crippen molar-refractivity contribution in [3.05, 3.63) is 58.1 Å². The number of halogens is 1. The van der Waals surface area contributed by atoms with E-state index in [9.17, 15) is 4.79 Å². The van der Waals surface area contributed by atoms with Gasteiger partial charge in [-0.1, -0.05) is 34.1 Å². The van der Waals surface area contributed by atoms with Gasteiger partial charge in [0.2, 0.25) is 0 Å². The first-order chi connectivity index (χ1) is 9.97. The van der Waals surface area contributed by atoms with Gasteiger partial charge in [-0.2, -0.15) is 0 Å². The van der Waals surface area contributed by atoms with E-state index in [2.05, 4.69) is 26.6 Å². The van der Waals surface area contributed by atoms with Crippen molar-refractivity contribution in [3.63, 3.8) is 0 Å². The first-order valence-electron chi connectivity index (χ1n) is 6.90. The number of benzene rings is 2. The predicted molar refractivity (Wildman–Crippen MR) is 92.0 cm³/mol. The van der Waals surface area contributed by atoms with Crippen molar-refractivity contribution >= 4 is 33.2 Å². The van der Waals surface area contributed by atoms with Crippen molar-refractivity contribution in [1.82, 2.24) is 0 Å². The standard InChI is InChI=1S/C17H19BrN2O/c1-11(2)19-16-7-5-4-6-14(16)17(21)20-13-9-8-12(3)15(18)10-13/h4-11,19H,1-3H3,(H,20,21). The van der Waals surface area contributed by atoms with Crippen molar-refractivity contribution in [1.29, 1.82) is 0 Å². The molecule has 0 bridgehead atoms. The van der Waals surface area contributed by atoms with E-state index in [1.54, 1.807) is 0 Å². The van der Waals surface area contributed by atoms with Gasteiger partial charge in [-0.15, -0.1) is 0 Å². The van der Waals surface area contributed by atoms with Gasteiger partial charge < -0.3 is 10.6 Å². The minimum absolute atomic E-state index is 0.116. The van der Waals surface area contributed by atoms with Crippen LogP contribution in [0.15, 0.2) is 46.9 Å².